The van der Waals surface area contributed by atoms with Crippen molar-refractivity contribution in [3.05, 3.63) is 86.4 Å². The molecule has 1 aromatic carbocycles. The van der Waals surface area contributed by atoms with Crippen LogP contribution in [-0.2, 0) is 19.3 Å². The molecule has 0 aliphatic heterocycles. The number of pyridine rings is 1. The average molecular weight is 335 g/mol. The van der Waals surface area contributed by atoms with E-state index in [1.807, 2.05) is 22.7 Å². The summed E-state index contributed by atoms with van der Waals surface area (Å²) in [4.78, 5) is 7.80. The van der Waals surface area contributed by atoms with Crippen LogP contribution in [0.2, 0.25) is 0 Å². The maximum atomic E-state index is 4.96. The van der Waals surface area contributed by atoms with Gasteiger partial charge in [-0.25, -0.2) is 0 Å². The Morgan fingerprint density at radius 3 is 2.35 bits per heavy atom. The third kappa shape index (κ3) is 3.36. The van der Waals surface area contributed by atoms with Gasteiger partial charge in [-0.15, -0.1) is 22.7 Å². The number of aromatic nitrogens is 1. The van der Waals surface area contributed by atoms with Gasteiger partial charge in [0.15, 0.2) is 0 Å². The third-order valence-corrected chi connectivity index (χ3v) is 5.84. The predicted molar refractivity (Wildman–Crippen MR) is 101 cm³/mol. The number of nitrogens with zero attached hydrogens (tertiary/aromatic N) is 1. The summed E-state index contributed by atoms with van der Waals surface area (Å²) in [6.45, 7) is 0. The van der Waals surface area contributed by atoms with Crippen molar-refractivity contribution < 1.29 is 0 Å². The largest absolute Gasteiger partial charge is 0.253 e. The summed E-state index contributed by atoms with van der Waals surface area (Å²) in [6.07, 6.45) is 3.06. The van der Waals surface area contributed by atoms with Crippen molar-refractivity contribution in [3.8, 4) is 0 Å². The minimum absolute atomic E-state index is 0.981. The lowest BCUT2D eigenvalue weighted by Crippen LogP contribution is -2.01. The third-order valence-electron chi connectivity index (χ3n) is 4.03. The molecular weight excluding hydrogens is 318 g/mol. The highest BCUT2D eigenvalue weighted by Crippen LogP contribution is 2.23. The van der Waals surface area contributed by atoms with Crippen LogP contribution in [0.5, 0.6) is 0 Å². The van der Waals surface area contributed by atoms with Crippen LogP contribution in [0.25, 0.3) is 10.9 Å². The van der Waals surface area contributed by atoms with Crippen molar-refractivity contribution in [2.45, 2.75) is 19.3 Å². The molecule has 0 saturated carbocycles. The van der Waals surface area contributed by atoms with Crippen molar-refractivity contribution in [2.75, 3.05) is 0 Å². The van der Waals surface area contributed by atoms with Crippen LogP contribution in [0, 0.1) is 0 Å². The fourth-order valence-corrected chi connectivity index (χ4v) is 4.30. The Bertz CT molecular complexity index is 893. The summed E-state index contributed by atoms with van der Waals surface area (Å²) in [5.41, 5.74) is 3.71. The van der Waals surface area contributed by atoms with Gasteiger partial charge in [-0.05, 0) is 53.4 Å². The minimum atomic E-state index is 0.981. The zero-order chi connectivity index (χ0) is 15.5. The van der Waals surface area contributed by atoms with Gasteiger partial charge in [-0.2, -0.15) is 0 Å². The van der Waals surface area contributed by atoms with Gasteiger partial charge in [0.2, 0.25) is 0 Å². The molecule has 4 aromatic rings. The fraction of sp³-hybridized carbons (Fsp3) is 0.150. The first-order chi connectivity index (χ1) is 11.4. The van der Waals surface area contributed by atoms with Gasteiger partial charge in [-0.3, -0.25) is 4.98 Å². The van der Waals surface area contributed by atoms with Gasteiger partial charge in [0.05, 0.1) is 5.52 Å². The van der Waals surface area contributed by atoms with E-state index in [1.54, 1.807) is 0 Å². The molecule has 0 amide bonds. The quantitative estimate of drug-likeness (QED) is 0.453. The van der Waals surface area contributed by atoms with E-state index in [1.165, 1.54) is 26.4 Å². The number of aryl methyl sites for hydroxylation is 2. The van der Waals surface area contributed by atoms with Gasteiger partial charge in [-0.1, -0.05) is 30.3 Å². The van der Waals surface area contributed by atoms with E-state index >= 15 is 0 Å². The van der Waals surface area contributed by atoms with E-state index in [9.17, 15) is 0 Å². The number of hydrogen-bond donors (Lipinski definition) is 0. The number of para-hydroxylation sites is 1. The molecule has 23 heavy (non-hydrogen) atoms. The topological polar surface area (TPSA) is 12.9 Å². The van der Waals surface area contributed by atoms with E-state index in [0.717, 1.165) is 24.8 Å². The number of hydrogen-bond acceptors (Lipinski definition) is 3. The van der Waals surface area contributed by atoms with Crippen molar-refractivity contribution in [1.82, 2.24) is 4.98 Å². The zero-order valence-electron chi connectivity index (χ0n) is 12.7. The highest BCUT2D eigenvalue weighted by Gasteiger charge is 2.09. The van der Waals surface area contributed by atoms with Gasteiger partial charge in [0, 0.05) is 27.3 Å². The van der Waals surface area contributed by atoms with Crippen LogP contribution in [0.1, 0.15) is 21.0 Å². The fourth-order valence-electron chi connectivity index (χ4n) is 2.87. The molecule has 0 N–H and O–H groups in total. The molecule has 114 valence electrons. The average Bonchev–Trinajstić information content (AvgIpc) is 3.26. The number of fused-ring (bicyclic) bond motifs is 1. The van der Waals surface area contributed by atoms with Crippen LogP contribution in [0.4, 0.5) is 0 Å². The zero-order valence-corrected chi connectivity index (χ0v) is 14.4. The van der Waals surface area contributed by atoms with E-state index in [4.69, 9.17) is 4.98 Å². The molecule has 0 aliphatic rings. The smallest absolute Gasteiger partial charge is 0.0705 e. The Balaban J connectivity index is 1.69. The van der Waals surface area contributed by atoms with Crippen LogP contribution < -0.4 is 0 Å². The van der Waals surface area contributed by atoms with Gasteiger partial charge >= 0.3 is 0 Å². The number of rotatable bonds is 5. The summed E-state index contributed by atoms with van der Waals surface area (Å²) in [6, 6.07) is 19.4. The molecular formula is C20H17NS2. The molecule has 0 saturated heterocycles. The molecule has 0 atom stereocenters. The van der Waals surface area contributed by atoms with Crippen LogP contribution >= 0.6 is 22.7 Å². The predicted octanol–water partition coefficient (Wildman–Crippen LogP) is 5.73. The van der Waals surface area contributed by atoms with Gasteiger partial charge in [0.1, 0.15) is 0 Å². The van der Waals surface area contributed by atoms with Gasteiger partial charge in [0.25, 0.3) is 0 Å². The monoisotopic (exact) mass is 335 g/mol. The number of thiophene rings is 2. The van der Waals surface area contributed by atoms with Crippen molar-refractivity contribution >= 4 is 33.6 Å². The molecule has 0 aliphatic carbocycles. The van der Waals surface area contributed by atoms with Crippen LogP contribution in [0.3, 0.4) is 0 Å². The molecule has 0 fully saturated rings. The van der Waals surface area contributed by atoms with E-state index in [-0.39, 0.29) is 0 Å². The van der Waals surface area contributed by atoms with E-state index in [2.05, 4.69) is 65.4 Å². The lowest BCUT2D eigenvalue weighted by atomic mass is 10.0. The lowest BCUT2D eigenvalue weighted by molar-refractivity contribution is 0.913. The van der Waals surface area contributed by atoms with Crippen LogP contribution in [-0.4, -0.2) is 4.98 Å². The second-order valence-electron chi connectivity index (χ2n) is 5.62. The Morgan fingerprint density at radius 1 is 0.783 bits per heavy atom. The van der Waals surface area contributed by atoms with E-state index in [0.29, 0.717) is 0 Å². The first kappa shape index (κ1) is 14.6. The standard InChI is InChI=1S/C20H17NS2/c1-2-8-19-15(5-1)13-16(14-18-7-4-12-23-18)20(21-19)10-9-17-6-3-11-22-17/h1-8,11-13H,9-10,14H2. The lowest BCUT2D eigenvalue weighted by Gasteiger charge is -2.10. The highest BCUT2D eigenvalue weighted by atomic mass is 32.1. The molecule has 0 radical (unpaired) electrons. The molecule has 0 spiro atoms. The Labute approximate surface area is 144 Å². The summed E-state index contributed by atoms with van der Waals surface area (Å²) < 4.78 is 0. The minimum Gasteiger partial charge on any atom is -0.253 e. The SMILES string of the molecule is c1csc(CCc2nc3ccccc3cc2Cc2cccs2)c1. The molecule has 3 heterocycles. The Hall–Kier alpha value is -1.97. The Morgan fingerprint density at radius 2 is 1.57 bits per heavy atom. The molecule has 3 aromatic heterocycles. The first-order valence-corrected chi connectivity index (χ1v) is 9.57. The Kier molecular flexibility index (Phi) is 4.22. The van der Waals surface area contributed by atoms with Gasteiger partial charge < -0.3 is 0 Å². The van der Waals surface area contributed by atoms with Crippen molar-refractivity contribution in [2.24, 2.45) is 0 Å². The van der Waals surface area contributed by atoms with Crippen molar-refractivity contribution in [3.63, 3.8) is 0 Å². The second kappa shape index (κ2) is 6.65. The second-order valence-corrected chi connectivity index (χ2v) is 7.69. The summed E-state index contributed by atoms with van der Waals surface area (Å²) in [5.74, 6) is 0. The van der Waals surface area contributed by atoms with E-state index < -0.39 is 0 Å². The normalized spacial score (nSPS) is 11.1. The maximum Gasteiger partial charge on any atom is 0.0705 e. The van der Waals surface area contributed by atoms with Crippen molar-refractivity contribution in [1.29, 1.82) is 0 Å². The molecule has 4 rings (SSSR count). The molecule has 1 nitrogen and oxygen atoms in total. The summed E-state index contributed by atoms with van der Waals surface area (Å²) in [5, 5.41) is 5.53. The van der Waals surface area contributed by atoms with Crippen LogP contribution in [0.15, 0.2) is 65.4 Å². The maximum absolute atomic E-state index is 4.96. The highest BCUT2D eigenvalue weighted by molar-refractivity contribution is 7.10. The number of benzene rings is 1. The molecule has 0 bridgehead atoms. The summed E-state index contributed by atoms with van der Waals surface area (Å²) >= 11 is 3.65. The molecule has 3 heteroatoms. The molecule has 0 unspecified atom stereocenters. The first-order valence-electron chi connectivity index (χ1n) is 7.81. The summed E-state index contributed by atoms with van der Waals surface area (Å²) in [7, 11) is 0.